The maximum atomic E-state index is 3.76. The predicted octanol–water partition coefficient (Wildman–Crippen LogP) is 3.78. The summed E-state index contributed by atoms with van der Waals surface area (Å²) in [6, 6.07) is 0. The molecule has 0 saturated carbocycles. The lowest BCUT2D eigenvalue weighted by Gasteiger charge is -1.92. The van der Waals surface area contributed by atoms with Crippen molar-refractivity contribution in [3.05, 3.63) is 23.8 Å². The lowest BCUT2D eigenvalue weighted by Crippen LogP contribution is -1.89. The molecule has 0 aromatic rings. The topological polar surface area (TPSA) is 12.0 Å². The summed E-state index contributed by atoms with van der Waals surface area (Å²) in [5.41, 5.74) is 2.43. The van der Waals surface area contributed by atoms with Crippen LogP contribution in [0.1, 0.15) is 41.0 Å². The van der Waals surface area contributed by atoms with Crippen LogP contribution < -0.4 is 5.32 Å². The van der Waals surface area contributed by atoms with E-state index in [1.165, 1.54) is 12.0 Å². The Balaban J connectivity index is -0.000000140. The largest absolute Gasteiger partial charge is 0.323 e. The van der Waals surface area contributed by atoms with E-state index in [2.05, 4.69) is 38.7 Å². The zero-order chi connectivity index (χ0) is 11.3. The molecule has 13 heavy (non-hydrogen) atoms. The minimum Gasteiger partial charge on any atom is -0.323 e. The van der Waals surface area contributed by atoms with Crippen molar-refractivity contribution in [1.82, 2.24) is 5.32 Å². The van der Waals surface area contributed by atoms with Crippen LogP contribution in [0.5, 0.6) is 0 Å². The van der Waals surface area contributed by atoms with Crippen LogP contribution >= 0.6 is 0 Å². The number of allylic oxidation sites excluding steroid dienone is 3. The lowest BCUT2D eigenvalue weighted by molar-refractivity contribution is 1.02. The monoisotopic (exact) mass is 185 g/mol. The fraction of sp³-hybridized carbons (Fsp3) is 0.667. The summed E-state index contributed by atoms with van der Waals surface area (Å²) in [4.78, 5) is 0. The van der Waals surface area contributed by atoms with E-state index in [0.717, 1.165) is 5.57 Å². The molecule has 0 amide bonds. The quantitative estimate of drug-likeness (QED) is 0.613. The zero-order valence-electron chi connectivity index (χ0n) is 10.5. The Morgan fingerprint density at radius 3 is 1.46 bits per heavy atom. The highest BCUT2D eigenvalue weighted by Gasteiger charge is 1.81. The summed E-state index contributed by atoms with van der Waals surface area (Å²) in [7, 11) is 3.75. The van der Waals surface area contributed by atoms with Crippen molar-refractivity contribution in [3.63, 3.8) is 0 Å². The van der Waals surface area contributed by atoms with Gasteiger partial charge in [-0.25, -0.2) is 0 Å². The molecule has 0 aliphatic carbocycles. The van der Waals surface area contributed by atoms with Gasteiger partial charge in [-0.15, -0.1) is 0 Å². The molecule has 0 unspecified atom stereocenters. The van der Waals surface area contributed by atoms with Crippen LogP contribution in [0, 0.1) is 0 Å². The third-order valence-corrected chi connectivity index (χ3v) is 1.11. The molecular weight excluding hydrogens is 158 g/mol. The normalized spacial score (nSPS) is 9.00. The van der Waals surface area contributed by atoms with Crippen LogP contribution in [0.2, 0.25) is 0 Å². The van der Waals surface area contributed by atoms with Crippen molar-refractivity contribution in [2.45, 2.75) is 41.0 Å². The Hall–Kier alpha value is -0.560. The molecule has 1 heteroatoms. The molecule has 0 atom stereocenters. The van der Waals surface area contributed by atoms with Crippen LogP contribution in [0.4, 0.5) is 0 Å². The second kappa shape index (κ2) is 17.5. The van der Waals surface area contributed by atoms with E-state index in [4.69, 9.17) is 0 Å². The predicted molar refractivity (Wildman–Crippen MR) is 65.2 cm³/mol. The van der Waals surface area contributed by atoms with Gasteiger partial charge in [-0.05, 0) is 34.9 Å². The van der Waals surface area contributed by atoms with Gasteiger partial charge in [-0.2, -0.15) is 0 Å². The van der Waals surface area contributed by atoms with Crippen LogP contribution in [0.3, 0.4) is 0 Å². The van der Waals surface area contributed by atoms with Crippen LogP contribution in [0.15, 0.2) is 23.8 Å². The molecule has 0 radical (unpaired) electrons. The first-order valence-corrected chi connectivity index (χ1v) is 4.88. The second-order valence-corrected chi connectivity index (χ2v) is 2.96. The fourth-order valence-electron chi connectivity index (χ4n) is 0.246. The molecule has 0 spiro atoms. The van der Waals surface area contributed by atoms with Crippen molar-refractivity contribution < 1.29 is 0 Å². The SMILES string of the molecule is C=C(C)/C(C)=C\C.CCC.CNC. The third kappa shape index (κ3) is 34.4. The first-order chi connectivity index (χ1) is 6.01. The molecule has 0 aromatic carbocycles. The van der Waals surface area contributed by atoms with E-state index in [1.54, 1.807) is 0 Å². The minimum absolute atomic E-state index is 1.16. The molecule has 1 N–H and O–H groups in total. The maximum Gasteiger partial charge on any atom is -0.0167 e. The van der Waals surface area contributed by atoms with Gasteiger partial charge in [0.25, 0.3) is 0 Å². The highest BCUT2D eigenvalue weighted by Crippen LogP contribution is 2.02. The molecule has 0 saturated heterocycles. The Labute approximate surface area is 84.9 Å². The molecule has 80 valence electrons. The van der Waals surface area contributed by atoms with Gasteiger partial charge in [0.05, 0.1) is 0 Å². The van der Waals surface area contributed by atoms with Gasteiger partial charge in [-0.3, -0.25) is 0 Å². The molecule has 1 nitrogen and oxygen atoms in total. The van der Waals surface area contributed by atoms with E-state index < -0.39 is 0 Å². The van der Waals surface area contributed by atoms with Crippen LogP contribution in [-0.2, 0) is 0 Å². The molecular formula is C12H27N. The van der Waals surface area contributed by atoms with Gasteiger partial charge in [0, 0.05) is 0 Å². The van der Waals surface area contributed by atoms with E-state index in [1.807, 2.05) is 27.9 Å². The maximum absolute atomic E-state index is 3.76. The molecule has 0 aliphatic rings. The first kappa shape index (κ1) is 18.3. The van der Waals surface area contributed by atoms with E-state index in [0.29, 0.717) is 0 Å². The molecule has 0 heterocycles. The summed E-state index contributed by atoms with van der Waals surface area (Å²) in [5, 5.41) is 2.75. The van der Waals surface area contributed by atoms with Gasteiger partial charge in [-0.1, -0.05) is 44.1 Å². The standard InChI is InChI=1S/C7H12.C3H8.C2H7N/c1-5-7(4)6(2)3;2*1-3-2/h5H,2H2,1,3-4H3;3H2,1-2H3;3H,1-2H3/b7-5-;;. The average Bonchev–Trinajstić information content (AvgIpc) is 2.05. The van der Waals surface area contributed by atoms with Crippen molar-refractivity contribution >= 4 is 0 Å². The summed E-state index contributed by atoms with van der Waals surface area (Å²) in [6.07, 6.45) is 3.31. The zero-order valence-corrected chi connectivity index (χ0v) is 10.5. The van der Waals surface area contributed by atoms with E-state index >= 15 is 0 Å². The van der Waals surface area contributed by atoms with Crippen molar-refractivity contribution in [2.75, 3.05) is 14.1 Å². The second-order valence-electron chi connectivity index (χ2n) is 2.96. The van der Waals surface area contributed by atoms with Crippen LogP contribution in [-0.4, -0.2) is 14.1 Å². The summed E-state index contributed by atoms with van der Waals surface area (Å²) in [5.74, 6) is 0. The first-order valence-electron chi connectivity index (χ1n) is 4.88. The summed E-state index contributed by atoms with van der Waals surface area (Å²) in [6.45, 7) is 14.1. The van der Waals surface area contributed by atoms with E-state index in [9.17, 15) is 0 Å². The Morgan fingerprint density at radius 2 is 1.46 bits per heavy atom. The molecule has 0 fully saturated rings. The van der Waals surface area contributed by atoms with Crippen molar-refractivity contribution in [1.29, 1.82) is 0 Å². The molecule has 0 aromatic heterocycles. The minimum atomic E-state index is 1.16. The van der Waals surface area contributed by atoms with Gasteiger partial charge in [0.15, 0.2) is 0 Å². The highest BCUT2D eigenvalue weighted by molar-refractivity contribution is 5.22. The Bertz CT molecular complexity index is 121. The van der Waals surface area contributed by atoms with Gasteiger partial charge in [0.1, 0.15) is 0 Å². The van der Waals surface area contributed by atoms with Gasteiger partial charge in [0.2, 0.25) is 0 Å². The lowest BCUT2D eigenvalue weighted by atomic mass is 10.2. The number of hydrogen-bond acceptors (Lipinski definition) is 1. The average molecular weight is 185 g/mol. The number of nitrogens with one attached hydrogen (secondary N) is 1. The Morgan fingerprint density at radius 1 is 1.23 bits per heavy atom. The Kier molecular flexibility index (Phi) is 24.6. The van der Waals surface area contributed by atoms with E-state index in [-0.39, 0.29) is 0 Å². The van der Waals surface area contributed by atoms with Gasteiger partial charge < -0.3 is 5.32 Å². The number of rotatable bonds is 1. The highest BCUT2D eigenvalue weighted by atomic mass is 14.7. The molecule has 0 aliphatic heterocycles. The molecule has 0 rings (SSSR count). The van der Waals surface area contributed by atoms with Crippen LogP contribution in [0.25, 0.3) is 0 Å². The third-order valence-electron chi connectivity index (χ3n) is 1.11. The van der Waals surface area contributed by atoms with Gasteiger partial charge >= 0.3 is 0 Å². The summed E-state index contributed by atoms with van der Waals surface area (Å²) < 4.78 is 0. The smallest absolute Gasteiger partial charge is 0.0167 e. The van der Waals surface area contributed by atoms with Crippen molar-refractivity contribution in [2.24, 2.45) is 0 Å². The summed E-state index contributed by atoms with van der Waals surface area (Å²) >= 11 is 0. The fourth-order valence-corrected chi connectivity index (χ4v) is 0.246. The number of hydrogen-bond donors (Lipinski definition) is 1. The van der Waals surface area contributed by atoms with Crippen molar-refractivity contribution in [3.8, 4) is 0 Å². The molecule has 0 bridgehead atoms.